The molecule has 0 unspecified atom stereocenters. The van der Waals surface area contributed by atoms with Crippen LogP contribution in [0.25, 0.3) is 0 Å². The molecule has 19 heteroatoms. The molecule has 252 valence electrons. The minimum absolute atomic E-state index is 0.0350. The molecule has 0 bridgehead atoms. The molecule has 4 N–H and O–H groups in total. The Bertz CT molecular complexity index is 1730. The number of anilines is 1. The van der Waals surface area contributed by atoms with Gasteiger partial charge in [0.25, 0.3) is 12.0 Å². The van der Waals surface area contributed by atoms with E-state index in [0.717, 1.165) is 30.7 Å². The van der Waals surface area contributed by atoms with Gasteiger partial charge in [-0.1, -0.05) is 18.5 Å². The summed E-state index contributed by atoms with van der Waals surface area (Å²) in [5.74, 6) is -3.15. The predicted molar refractivity (Wildman–Crippen MR) is 164 cm³/mol. The molecule has 1 fully saturated rings. The van der Waals surface area contributed by atoms with Crippen molar-refractivity contribution in [1.82, 2.24) is 15.0 Å². The second kappa shape index (κ2) is 14.8. The van der Waals surface area contributed by atoms with Crippen LogP contribution in [0.1, 0.15) is 45.7 Å². The van der Waals surface area contributed by atoms with Gasteiger partial charge in [-0.05, 0) is 19.9 Å². The van der Waals surface area contributed by atoms with E-state index >= 15 is 0 Å². The summed E-state index contributed by atoms with van der Waals surface area (Å²) in [7, 11) is -4.99. The molecule has 4 heterocycles. The summed E-state index contributed by atoms with van der Waals surface area (Å²) in [5.41, 5.74) is 3.92. The Morgan fingerprint density at radius 3 is 2.49 bits per heavy atom. The Balaban J connectivity index is 1.40. The Kier molecular flexibility index (Phi) is 11.1. The molecule has 2 atom stereocenters. The van der Waals surface area contributed by atoms with Gasteiger partial charge in [0.2, 0.25) is 5.88 Å². The topological polar surface area (TPSA) is 234 Å². The molecule has 47 heavy (non-hydrogen) atoms. The number of aliphatic carboxylic acids is 1. The minimum atomic E-state index is -4.99. The number of ether oxygens (including phenoxy) is 2. The Morgan fingerprint density at radius 1 is 1.21 bits per heavy atom. The van der Waals surface area contributed by atoms with E-state index in [-0.39, 0.29) is 22.5 Å². The smallest absolute Gasteiger partial charge is 0.418 e. The maximum absolute atomic E-state index is 13.3. The van der Waals surface area contributed by atoms with Crippen LogP contribution in [0.3, 0.4) is 0 Å². The number of aryl methyl sites for hydroxylation is 1. The number of rotatable bonds is 17. The van der Waals surface area contributed by atoms with Gasteiger partial charge >= 0.3 is 16.4 Å². The van der Waals surface area contributed by atoms with Gasteiger partial charge in [0.15, 0.2) is 29.0 Å². The fraction of sp³-hybridized carbons (Fsp3) is 0.393. The first kappa shape index (κ1) is 35.1. The zero-order valence-electron chi connectivity index (χ0n) is 25.5. The highest BCUT2D eigenvalue weighted by Gasteiger charge is 2.57. The van der Waals surface area contributed by atoms with Crippen LogP contribution in [0, 0.1) is 5.92 Å². The van der Waals surface area contributed by atoms with Crippen molar-refractivity contribution in [2.75, 3.05) is 12.3 Å². The number of nitrogens with zero attached hydrogens (tertiary/aromatic N) is 5. The SMILES string of the molecule is CCCC[n+]1ccc(Oc2ccc(OC[C@H](O/N=C(\C(=O)C[C@@H]3C(=O)N(OS(=O)(=O)O)C3(C)C)c3csc(N)n3)C(=O)O)cn2)cc1. The molecule has 1 saturated heterocycles. The number of pyridine rings is 2. The standard InChI is InChI=1S/C28H32N6O11S2/c1-4-5-10-33-11-8-17(9-12-33)43-23-7-6-18(14-30-23)42-15-22(26(37)38)44-32-24(20-16-46-27(29)31-20)21(35)13-19-25(36)34(28(19,2)3)45-47(39,40)41/h6-9,11-12,14,16,19,22H,4-5,10,13,15H2,1-3H3,(H3-,29,31,37,38,39,40,41)/p+1/b32-24-/t19-,22+/m1/s1. The first-order chi connectivity index (χ1) is 22.2. The van der Waals surface area contributed by atoms with Gasteiger partial charge in [-0.2, -0.15) is 13.5 Å². The molecule has 0 radical (unpaired) electrons. The number of nitrogen functional groups attached to an aromatic ring is 1. The van der Waals surface area contributed by atoms with Crippen molar-refractivity contribution in [2.45, 2.75) is 58.2 Å². The number of carboxylic acids is 1. The first-order valence-corrected chi connectivity index (χ1v) is 16.4. The number of hydrogen-bond acceptors (Lipinski definition) is 14. The number of nitrogens with two attached hydrogens (primary N) is 1. The second-order valence-electron chi connectivity index (χ2n) is 10.8. The maximum Gasteiger partial charge on any atom is 0.418 e. The van der Waals surface area contributed by atoms with Crippen LogP contribution in [-0.2, 0) is 40.4 Å². The molecule has 0 saturated carbocycles. The number of oxime groups is 1. The Morgan fingerprint density at radius 2 is 1.94 bits per heavy atom. The normalized spacial score (nSPS) is 16.7. The summed E-state index contributed by atoms with van der Waals surface area (Å²) in [6, 6.07) is 6.69. The lowest BCUT2D eigenvalue weighted by molar-refractivity contribution is -0.697. The van der Waals surface area contributed by atoms with Crippen molar-refractivity contribution in [1.29, 1.82) is 0 Å². The van der Waals surface area contributed by atoms with Gasteiger partial charge in [-0.15, -0.1) is 15.6 Å². The Labute approximate surface area is 273 Å². The zero-order chi connectivity index (χ0) is 34.4. The number of hydroxylamine groups is 2. The highest BCUT2D eigenvalue weighted by Crippen LogP contribution is 2.40. The highest BCUT2D eigenvalue weighted by molar-refractivity contribution is 7.80. The summed E-state index contributed by atoms with van der Waals surface area (Å²) in [6.07, 6.45) is 5.10. The van der Waals surface area contributed by atoms with Crippen LogP contribution in [0.15, 0.2) is 53.4 Å². The summed E-state index contributed by atoms with van der Waals surface area (Å²) >= 11 is 0.978. The highest BCUT2D eigenvalue weighted by atomic mass is 32.3. The van der Waals surface area contributed by atoms with Gasteiger partial charge in [-0.3, -0.25) is 14.1 Å². The number of Topliss-reactive ketones (excluding diaryl/α,β-unsaturated/α-hetero) is 1. The minimum Gasteiger partial charge on any atom is -0.487 e. The largest absolute Gasteiger partial charge is 0.487 e. The molecular formula is C28H33N6O11S2+. The van der Waals surface area contributed by atoms with E-state index in [0.29, 0.717) is 10.8 Å². The number of carbonyl (C=O) groups excluding carboxylic acids is 2. The molecular weight excluding hydrogens is 660 g/mol. The molecule has 1 aliphatic heterocycles. The third-order valence-electron chi connectivity index (χ3n) is 6.97. The quantitative estimate of drug-likeness (QED) is 0.0605. The second-order valence-corrected chi connectivity index (χ2v) is 12.7. The van der Waals surface area contributed by atoms with E-state index in [4.69, 9.17) is 24.6 Å². The molecule has 1 amide bonds. The number of thiazole rings is 1. The lowest BCUT2D eigenvalue weighted by Crippen LogP contribution is -2.68. The van der Waals surface area contributed by atoms with E-state index in [1.54, 1.807) is 0 Å². The molecule has 4 rings (SSSR count). The van der Waals surface area contributed by atoms with Crippen LogP contribution in [-0.4, -0.2) is 74.7 Å². The van der Waals surface area contributed by atoms with Crippen molar-refractivity contribution < 1.29 is 55.6 Å². The fourth-order valence-corrected chi connectivity index (χ4v) is 5.36. The molecule has 3 aromatic heterocycles. The number of β-lactam (4-membered cyclic amide) rings is 1. The van der Waals surface area contributed by atoms with Gasteiger partial charge < -0.3 is 25.2 Å². The molecule has 0 spiro atoms. The predicted octanol–water partition coefficient (Wildman–Crippen LogP) is 2.18. The first-order valence-electron chi connectivity index (χ1n) is 14.2. The summed E-state index contributed by atoms with van der Waals surface area (Å²) in [5, 5.41) is 15.4. The number of carboxylic acid groups (broad SMARTS) is 1. The number of unbranched alkanes of at least 4 members (excludes halogenated alkanes) is 1. The Hall–Kier alpha value is -4.72. The number of ketones is 1. The zero-order valence-corrected chi connectivity index (χ0v) is 27.1. The number of carbonyl (C=O) groups is 3. The average Bonchev–Trinajstić information content (AvgIpc) is 3.45. The van der Waals surface area contributed by atoms with Crippen molar-refractivity contribution in [3.8, 4) is 17.4 Å². The van der Waals surface area contributed by atoms with Crippen LogP contribution < -0.4 is 19.8 Å². The van der Waals surface area contributed by atoms with Gasteiger partial charge in [0.05, 0.1) is 17.7 Å². The third-order valence-corrected chi connectivity index (χ3v) is 7.98. The van der Waals surface area contributed by atoms with Crippen molar-refractivity contribution >= 4 is 50.2 Å². The molecule has 17 nitrogen and oxygen atoms in total. The van der Waals surface area contributed by atoms with E-state index in [1.807, 2.05) is 29.1 Å². The van der Waals surface area contributed by atoms with Crippen LogP contribution in [0.4, 0.5) is 5.13 Å². The molecule has 0 aromatic carbocycles. The van der Waals surface area contributed by atoms with Crippen LogP contribution in [0.5, 0.6) is 17.4 Å². The van der Waals surface area contributed by atoms with Crippen molar-refractivity contribution in [3.05, 3.63) is 53.9 Å². The van der Waals surface area contributed by atoms with Gasteiger partial charge in [-0.25, -0.2) is 19.3 Å². The summed E-state index contributed by atoms with van der Waals surface area (Å²) in [6.45, 7) is 5.33. The van der Waals surface area contributed by atoms with E-state index < -0.39 is 64.4 Å². The van der Waals surface area contributed by atoms with Crippen LogP contribution in [0.2, 0.25) is 0 Å². The van der Waals surface area contributed by atoms with E-state index in [1.165, 1.54) is 37.6 Å². The monoisotopic (exact) mass is 693 g/mol. The van der Waals surface area contributed by atoms with Crippen molar-refractivity contribution in [3.63, 3.8) is 0 Å². The van der Waals surface area contributed by atoms with Gasteiger partial charge in [0, 0.05) is 36.4 Å². The maximum atomic E-state index is 13.3. The molecule has 3 aromatic rings. The summed E-state index contributed by atoms with van der Waals surface area (Å²) < 4.78 is 48.8. The number of hydrogen-bond donors (Lipinski definition) is 3. The van der Waals surface area contributed by atoms with Crippen molar-refractivity contribution in [2.24, 2.45) is 11.1 Å². The lowest BCUT2D eigenvalue weighted by atomic mass is 9.74. The lowest BCUT2D eigenvalue weighted by Gasteiger charge is -2.50. The number of aromatic nitrogens is 3. The van der Waals surface area contributed by atoms with Gasteiger partial charge in [0.1, 0.15) is 30.3 Å². The van der Waals surface area contributed by atoms with E-state index in [9.17, 15) is 27.9 Å². The fourth-order valence-electron chi connectivity index (χ4n) is 4.36. The summed E-state index contributed by atoms with van der Waals surface area (Å²) in [4.78, 5) is 51.1. The molecule has 0 aliphatic carbocycles. The number of amides is 1. The third kappa shape index (κ3) is 9.18. The molecule has 1 aliphatic rings. The van der Waals surface area contributed by atoms with Crippen LogP contribution >= 0.6 is 11.3 Å². The average molecular weight is 694 g/mol. The van der Waals surface area contributed by atoms with E-state index in [2.05, 4.69) is 26.3 Å².